The van der Waals surface area contributed by atoms with Crippen molar-refractivity contribution in [1.29, 1.82) is 0 Å². The Morgan fingerprint density at radius 2 is 1.62 bits per heavy atom. The van der Waals surface area contributed by atoms with Crippen LogP contribution in [-0.4, -0.2) is 29.6 Å². The van der Waals surface area contributed by atoms with Crippen molar-refractivity contribution in [3.63, 3.8) is 0 Å². The summed E-state index contributed by atoms with van der Waals surface area (Å²) >= 11 is 0. The second-order valence-corrected chi connectivity index (χ2v) is 6.01. The van der Waals surface area contributed by atoms with Gasteiger partial charge in [0.25, 0.3) is 0 Å². The molecule has 0 aromatic rings. The lowest BCUT2D eigenvalue weighted by Crippen LogP contribution is -2.43. The molecule has 0 bridgehead atoms. The number of hydrogen-bond donors (Lipinski definition) is 0. The van der Waals surface area contributed by atoms with E-state index in [0.29, 0.717) is 0 Å². The van der Waals surface area contributed by atoms with E-state index in [1.54, 1.807) is 14.2 Å². The first-order valence-corrected chi connectivity index (χ1v) is 6.92. The van der Waals surface area contributed by atoms with Crippen LogP contribution in [0.1, 0.15) is 33.1 Å². The molecule has 4 heteroatoms. The average Bonchev–Trinajstić information content (AvgIpc) is 2.17. The van der Waals surface area contributed by atoms with Gasteiger partial charge in [-0.05, 0) is 6.42 Å². The van der Waals surface area contributed by atoms with Crippen LogP contribution in [-0.2, 0) is 13.3 Å². The van der Waals surface area contributed by atoms with Gasteiger partial charge in [0.15, 0.2) is 0 Å². The molecule has 80 valence electrons. The minimum Gasteiger partial charge on any atom is -0.377 e. The van der Waals surface area contributed by atoms with E-state index in [1.807, 2.05) is 0 Å². The molecule has 3 nitrogen and oxygen atoms in total. The van der Waals surface area contributed by atoms with Crippen molar-refractivity contribution in [1.82, 2.24) is 0 Å². The van der Waals surface area contributed by atoms with Gasteiger partial charge in [-0.3, -0.25) is 0 Å². The Morgan fingerprint density at radius 3 is 2.00 bits per heavy atom. The lowest BCUT2D eigenvalue weighted by molar-refractivity contribution is 0.0967. The summed E-state index contributed by atoms with van der Waals surface area (Å²) in [5.41, 5.74) is 0. The number of hydrogen-bond acceptors (Lipinski definition) is 3. The number of rotatable bonds is 8. The minimum absolute atomic E-state index is 0.754. The van der Waals surface area contributed by atoms with Crippen LogP contribution in [0.5, 0.6) is 0 Å². The Balaban J connectivity index is 3.89. The molecule has 0 unspecified atom stereocenters. The third-order valence-electron chi connectivity index (χ3n) is 2.00. The van der Waals surface area contributed by atoms with Crippen molar-refractivity contribution >= 4 is 8.80 Å². The van der Waals surface area contributed by atoms with E-state index < -0.39 is 8.80 Å². The van der Waals surface area contributed by atoms with Crippen molar-refractivity contribution < 1.29 is 13.3 Å². The van der Waals surface area contributed by atoms with E-state index in [2.05, 4.69) is 13.8 Å². The van der Waals surface area contributed by atoms with Gasteiger partial charge in [0.05, 0.1) is 0 Å². The molecular weight excluding hydrogens is 184 g/mol. The van der Waals surface area contributed by atoms with Gasteiger partial charge in [-0.2, -0.15) is 0 Å². The second kappa shape index (κ2) is 7.50. The fourth-order valence-corrected chi connectivity index (χ4v) is 3.18. The normalized spacial score (nSPS) is 12.0. The van der Waals surface area contributed by atoms with E-state index in [1.165, 1.54) is 0 Å². The third kappa shape index (κ3) is 4.76. The summed E-state index contributed by atoms with van der Waals surface area (Å²) in [7, 11) is 1.08. The molecular formula is C9H22O3Si. The molecule has 0 aliphatic rings. The Kier molecular flexibility index (Phi) is 7.55. The van der Waals surface area contributed by atoms with Gasteiger partial charge in [-0.15, -0.1) is 0 Å². The first-order chi connectivity index (χ1) is 6.24. The van der Waals surface area contributed by atoms with Gasteiger partial charge >= 0.3 is 8.80 Å². The van der Waals surface area contributed by atoms with Crippen molar-refractivity contribution in [3.8, 4) is 0 Å². The highest BCUT2D eigenvalue weighted by Gasteiger charge is 2.37. The summed E-state index contributed by atoms with van der Waals surface area (Å²) in [6.45, 7) is 5.01. The molecule has 0 aliphatic carbocycles. The van der Waals surface area contributed by atoms with Gasteiger partial charge in [-0.25, -0.2) is 0 Å². The molecule has 0 amide bonds. The molecule has 0 N–H and O–H groups in total. The van der Waals surface area contributed by atoms with E-state index in [0.717, 1.165) is 31.9 Å². The predicted octanol–water partition coefficient (Wildman–Crippen LogP) is 2.44. The zero-order valence-electron chi connectivity index (χ0n) is 9.26. The standard InChI is InChI=1S/C9H22O3Si/c1-5-7-8-12-13(10-3,11-4)9-6-2/h5-9H2,1-4H3. The highest BCUT2D eigenvalue weighted by atomic mass is 28.4. The zero-order valence-corrected chi connectivity index (χ0v) is 10.3. The summed E-state index contributed by atoms with van der Waals surface area (Å²) in [6.07, 6.45) is 3.26. The van der Waals surface area contributed by atoms with Crippen LogP contribution in [0.4, 0.5) is 0 Å². The maximum Gasteiger partial charge on any atom is 0.500 e. The largest absolute Gasteiger partial charge is 0.500 e. The van der Waals surface area contributed by atoms with Crippen molar-refractivity contribution in [2.24, 2.45) is 0 Å². The smallest absolute Gasteiger partial charge is 0.377 e. The molecule has 0 rings (SSSR count). The van der Waals surface area contributed by atoms with E-state index >= 15 is 0 Å². The van der Waals surface area contributed by atoms with Gasteiger partial charge in [-0.1, -0.05) is 26.7 Å². The SMILES string of the molecule is CCCCO[Si](CCC)(OC)OC. The fourth-order valence-electron chi connectivity index (χ4n) is 1.16. The van der Waals surface area contributed by atoms with Crippen LogP contribution >= 0.6 is 0 Å². The van der Waals surface area contributed by atoms with E-state index in [9.17, 15) is 0 Å². The molecule has 0 radical (unpaired) electrons. The molecule has 0 fully saturated rings. The van der Waals surface area contributed by atoms with Crippen molar-refractivity contribution in [3.05, 3.63) is 0 Å². The zero-order chi connectivity index (χ0) is 10.2. The van der Waals surface area contributed by atoms with Crippen LogP contribution < -0.4 is 0 Å². The van der Waals surface area contributed by atoms with Crippen molar-refractivity contribution in [2.45, 2.75) is 39.2 Å². The monoisotopic (exact) mass is 206 g/mol. The second-order valence-electron chi connectivity index (χ2n) is 3.04. The van der Waals surface area contributed by atoms with Gasteiger partial charge in [0.2, 0.25) is 0 Å². The van der Waals surface area contributed by atoms with Gasteiger partial charge in [0, 0.05) is 26.9 Å². The third-order valence-corrected chi connectivity index (χ3v) is 5.00. The first kappa shape index (κ1) is 13.1. The maximum atomic E-state index is 5.70. The van der Waals surface area contributed by atoms with E-state index in [-0.39, 0.29) is 0 Å². The molecule has 0 spiro atoms. The molecule has 0 saturated heterocycles. The summed E-state index contributed by atoms with van der Waals surface area (Å²) in [5, 5.41) is 0. The molecule has 0 atom stereocenters. The van der Waals surface area contributed by atoms with E-state index in [4.69, 9.17) is 13.3 Å². The van der Waals surface area contributed by atoms with Gasteiger partial charge < -0.3 is 13.3 Å². The summed E-state index contributed by atoms with van der Waals surface area (Å²) in [5.74, 6) is 0. The average molecular weight is 206 g/mol. The Labute approximate surface area is 82.8 Å². The van der Waals surface area contributed by atoms with Crippen molar-refractivity contribution in [2.75, 3.05) is 20.8 Å². The molecule has 0 aliphatic heterocycles. The van der Waals surface area contributed by atoms with Crippen LogP contribution in [0.2, 0.25) is 6.04 Å². The molecule has 0 heterocycles. The van der Waals surface area contributed by atoms with Crippen LogP contribution in [0.3, 0.4) is 0 Å². The topological polar surface area (TPSA) is 27.7 Å². The Bertz CT molecular complexity index is 115. The molecule has 13 heavy (non-hydrogen) atoms. The first-order valence-electron chi connectivity index (χ1n) is 4.99. The quantitative estimate of drug-likeness (QED) is 0.451. The number of unbranched alkanes of at least 4 members (excludes halogenated alkanes) is 1. The van der Waals surface area contributed by atoms with Crippen LogP contribution in [0, 0.1) is 0 Å². The lowest BCUT2D eigenvalue weighted by atomic mass is 10.4. The highest BCUT2D eigenvalue weighted by Crippen LogP contribution is 2.16. The summed E-state index contributed by atoms with van der Waals surface area (Å²) in [6, 6.07) is 0.906. The lowest BCUT2D eigenvalue weighted by Gasteiger charge is -2.25. The van der Waals surface area contributed by atoms with Crippen LogP contribution in [0.15, 0.2) is 0 Å². The summed E-state index contributed by atoms with van der Waals surface area (Å²) in [4.78, 5) is 0. The minimum atomic E-state index is -2.28. The molecule has 0 aromatic heterocycles. The van der Waals surface area contributed by atoms with Crippen LogP contribution in [0.25, 0.3) is 0 Å². The highest BCUT2D eigenvalue weighted by molar-refractivity contribution is 6.60. The Morgan fingerprint density at radius 1 is 1.00 bits per heavy atom. The maximum absolute atomic E-state index is 5.70. The molecule has 0 aromatic carbocycles. The Hall–Kier alpha value is 0.0969. The van der Waals surface area contributed by atoms with Gasteiger partial charge in [0.1, 0.15) is 0 Å². The summed E-state index contributed by atoms with van der Waals surface area (Å²) < 4.78 is 16.4. The predicted molar refractivity (Wildman–Crippen MR) is 55.7 cm³/mol. The molecule has 0 saturated carbocycles. The fraction of sp³-hybridized carbons (Fsp3) is 1.00.